The summed E-state index contributed by atoms with van der Waals surface area (Å²) in [5.74, 6) is 7.73. The van der Waals surface area contributed by atoms with E-state index in [2.05, 4.69) is 43.0 Å². The van der Waals surface area contributed by atoms with Crippen LogP contribution in [0, 0.1) is 30.6 Å². The molecule has 1 aromatic carbocycles. The van der Waals surface area contributed by atoms with Gasteiger partial charge in [0.1, 0.15) is 0 Å². The van der Waals surface area contributed by atoms with Gasteiger partial charge in [-0.15, -0.1) is 0 Å². The van der Waals surface area contributed by atoms with Crippen LogP contribution in [0.5, 0.6) is 0 Å². The van der Waals surface area contributed by atoms with Gasteiger partial charge < -0.3 is 9.64 Å². The molecular formula is C19H23NO2. The molecule has 1 aromatic rings. The summed E-state index contributed by atoms with van der Waals surface area (Å²) < 4.78 is 4.91. The normalized spacial score (nSPS) is 26.8. The van der Waals surface area contributed by atoms with Crippen LogP contribution in [-0.2, 0) is 4.74 Å². The molecule has 1 amide bonds. The fourth-order valence-electron chi connectivity index (χ4n) is 3.90. The molecule has 1 saturated heterocycles. The molecule has 116 valence electrons. The van der Waals surface area contributed by atoms with Gasteiger partial charge >= 0.3 is 6.09 Å². The minimum atomic E-state index is -0.181. The van der Waals surface area contributed by atoms with E-state index in [4.69, 9.17) is 4.74 Å². The second kappa shape index (κ2) is 6.44. The summed E-state index contributed by atoms with van der Waals surface area (Å²) >= 11 is 0. The van der Waals surface area contributed by atoms with E-state index >= 15 is 0 Å². The molecule has 1 saturated carbocycles. The maximum Gasteiger partial charge on any atom is 0.409 e. The summed E-state index contributed by atoms with van der Waals surface area (Å²) in [6.45, 7) is 2.90. The first kappa shape index (κ1) is 15.0. The van der Waals surface area contributed by atoms with E-state index in [0.717, 1.165) is 37.8 Å². The molecule has 3 rings (SSSR count). The molecule has 3 heteroatoms. The zero-order chi connectivity index (χ0) is 15.5. The lowest BCUT2D eigenvalue weighted by Crippen LogP contribution is -2.41. The van der Waals surface area contributed by atoms with Gasteiger partial charge in [-0.05, 0) is 49.8 Å². The number of amides is 1. The molecule has 1 aliphatic heterocycles. The monoisotopic (exact) mass is 297 g/mol. The molecule has 0 aromatic heterocycles. The Morgan fingerprint density at radius 3 is 2.95 bits per heavy atom. The quantitative estimate of drug-likeness (QED) is 0.685. The van der Waals surface area contributed by atoms with Crippen LogP contribution in [0.3, 0.4) is 0 Å². The minimum Gasteiger partial charge on any atom is -0.453 e. The fourth-order valence-corrected chi connectivity index (χ4v) is 3.90. The van der Waals surface area contributed by atoms with E-state index in [-0.39, 0.29) is 6.09 Å². The Kier molecular flexibility index (Phi) is 4.38. The highest BCUT2D eigenvalue weighted by atomic mass is 16.5. The van der Waals surface area contributed by atoms with Crippen LogP contribution < -0.4 is 0 Å². The topological polar surface area (TPSA) is 29.5 Å². The minimum absolute atomic E-state index is 0.181. The number of methoxy groups -OCH3 is 1. The number of nitrogens with zero attached hydrogens (tertiary/aromatic N) is 1. The van der Waals surface area contributed by atoms with Crippen molar-refractivity contribution in [3.8, 4) is 11.8 Å². The summed E-state index contributed by atoms with van der Waals surface area (Å²) in [5.41, 5.74) is 2.33. The highest BCUT2D eigenvalue weighted by Crippen LogP contribution is 2.40. The van der Waals surface area contributed by atoms with Gasteiger partial charge in [-0.1, -0.05) is 30.4 Å². The van der Waals surface area contributed by atoms with E-state index in [0.29, 0.717) is 17.9 Å². The van der Waals surface area contributed by atoms with Crippen LogP contribution in [0.15, 0.2) is 24.3 Å². The molecule has 0 spiro atoms. The predicted molar refractivity (Wildman–Crippen MR) is 86.4 cm³/mol. The van der Waals surface area contributed by atoms with Crippen molar-refractivity contribution in [1.82, 2.24) is 4.90 Å². The van der Waals surface area contributed by atoms with E-state index < -0.39 is 0 Å². The molecule has 22 heavy (non-hydrogen) atoms. The average Bonchev–Trinajstić information content (AvgIpc) is 2.97. The van der Waals surface area contributed by atoms with Crippen molar-refractivity contribution in [3.05, 3.63) is 35.4 Å². The second-order valence-corrected chi connectivity index (χ2v) is 6.36. The molecule has 0 radical (unpaired) electrons. The Labute approximate surface area is 132 Å². The molecule has 1 heterocycles. The van der Waals surface area contributed by atoms with Crippen molar-refractivity contribution in [3.63, 3.8) is 0 Å². The number of benzene rings is 1. The zero-order valence-electron chi connectivity index (χ0n) is 13.3. The van der Waals surface area contributed by atoms with Crippen molar-refractivity contribution < 1.29 is 9.53 Å². The lowest BCUT2D eigenvalue weighted by molar-refractivity contribution is 0.101. The van der Waals surface area contributed by atoms with Gasteiger partial charge in [0.15, 0.2) is 0 Å². The van der Waals surface area contributed by atoms with Crippen LogP contribution in [0.1, 0.15) is 36.8 Å². The Morgan fingerprint density at radius 2 is 2.18 bits per heavy atom. The van der Waals surface area contributed by atoms with Crippen LogP contribution in [0.25, 0.3) is 0 Å². The molecule has 0 N–H and O–H groups in total. The summed E-state index contributed by atoms with van der Waals surface area (Å²) in [7, 11) is 1.47. The van der Waals surface area contributed by atoms with E-state index in [9.17, 15) is 4.79 Å². The van der Waals surface area contributed by atoms with Crippen LogP contribution in [0.2, 0.25) is 0 Å². The molecule has 2 aliphatic rings. The third kappa shape index (κ3) is 2.97. The first-order valence-electron chi connectivity index (χ1n) is 8.12. The SMILES string of the molecule is COC(=O)N1CC[C@H]2C(C#Cc3cccc(C)c3)CCC[C@H]21. The smallest absolute Gasteiger partial charge is 0.409 e. The van der Waals surface area contributed by atoms with Gasteiger partial charge in [-0.3, -0.25) is 0 Å². The molecule has 1 aliphatic carbocycles. The molecule has 3 atom stereocenters. The average molecular weight is 297 g/mol. The Balaban J connectivity index is 1.75. The molecular weight excluding hydrogens is 274 g/mol. The van der Waals surface area contributed by atoms with Crippen molar-refractivity contribution in [2.75, 3.05) is 13.7 Å². The van der Waals surface area contributed by atoms with Crippen LogP contribution in [0.4, 0.5) is 4.79 Å². The van der Waals surface area contributed by atoms with Crippen molar-refractivity contribution in [1.29, 1.82) is 0 Å². The summed E-state index contributed by atoms with van der Waals surface area (Å²) in [4.78, 5) is 13.8. The largest absolute Gasteiger partial charge is 0.453 e. The van der Waals surface area contributed by atoms with Gasteiger partial charge in [-0.2, -0.15) is 0 Å². The number of fused-ring (bicyclic) bond motifs is 1. The predicted octanol–water partition coefficient (Wildman–Crippen LogP) is 3.60. The van der Waals surface area contributed by atoms with Gasteiger partial charge in [-0.25, -0.2) is 4.79 Å². The van der Waals surface area contributed by atoms with Gasteiger partial charge in [0, 0.05) is 24.1 Å². The van der Waals surface area contributed by atoms with Gasteiger partial charge in [0.2, 0.25) is 0 Å². The number of likely N-dealkylation sites (tertiary alicyclic amines) is 1. The molecule has 1 unspecified atom stereocenters. The van der Waals surface area contributed by atoms with Gasteiger partial charge in [0.25, 0.3) is 0 Å². The van der Waals surface area contributed by atoms with Crippen LogP contribution in [-0.4, -0.2) is 30.7 Å². The number of ether oxygens (including phenoxy) is 1. The number of carbonyl (C=O) groups is 1. The molecule has 3 nitrogen and oxygen atoms in total. The Morgan fingerprint density at radius 1 is 1.32 bits per heavy atom. The van der Waals surface area contributed by atoms with Crippen molar-refractivity contribution in [2.24, 2.45) is 11.8 Å². The highest BCUT2D eigenvalue weighted by Gasteiger charge is 2.43. The van der Waals surface area contributed by atoms with Crippen molar-refractivity contribution in [2.45, 2.75) is 38.6 Å². The Hall–Kier alpha value is -1.95. The van der Waals surface area contributed by atoms with Gasteiger partial charge in [0.05, 0.1) is 7.11 Å². The van der Waals surface area contributed by atoms with Crippen LogP contribution >= 0.6 is 0 Å². The zero-order valence-corrected chi connectivity index (χ0v) is 13.3. The summed E-state index contributed by atoms with van der Waals surface area (Å²) in [5, 5.41) is 0. The lowest BCUT2D eigenvalue weighted by Gasteiger charge is -2.34. The number of carbonyl (C=O) groups excluding carboxylic acids is 1. The maximum atomic E-state index is 11.9. The summed E-state index contributed by atoms with van der Waals surface area (Å²) in [6.07, 6.45) is 4.24. The van der Waals surface area contributed by atoms with E-state index in [1.54, 1.807) is 0 Å². The highest BCUT2D eigenvalue weighted by molar-refractivity contribution is 5.68. The third-order valence-corrected chi connectivity index (χ3v) is 4.96. The van der Waals surface area contributed by atoms with E-state index in [1.807, 2.05) is 4.90 Å². The lowest BCUT2D eigenvalue weighted by atomic mass is 9.76. The number of hydrogen-bond donors (Lipinski definition) is 0. The first-order chi connectivity index (χ1) is 10.7. The molecule has 2 fully saturated rings. The van der Waals surface area contributed by atoms with E-state index in [1.165, 1.54) is 12.7 Å². The maximum absolute atomic E-state index is 11.9. The second-order valence-electron chi connectivity index (χ2n) is 6.36. The number of hydrogen-bond acceptors (Lipinski definition) is 2. The number of rotatable bonds is 0. The van der Waals surface area contributed by atoms with Crippen molar-refractivity contribution >= 4 is 6.09 Å². The standard InChI is InChI=1S/C19H23NO2/c1-14-5-3-6-15(13-14)9-10-16-7-4-8-18-17(16)11-12-20(18)19(21)22-2/h3,5-6,13,16-18H,4,7-8,11-12H2,1-2H3/t16?,17-,18+/m0/s1. The fraction of sp³-hybridized carbons (Fsp3) is 0.526. The summed E-state index contributed by atoms with van der Waals surface area (Å²) in [6, 6.07) is 8.65. The first-order valence-corrected chi connectivity index (χ1v) is 8.12. The number of aryl methyl sites for hydroxylation is 1. The molecule has 0 bridgehead atoms. The third-order valence-electron chi connectivity index (χ3n) is 4.96. The Bertz CT molecular complexity index is 613.